The van der Waals surface area contributed by atoms with Gasteiger partial charge in [-0.2, -0.15) is 0 Å². The van der Waals surface area contributed by atoms with Gasteiger partial charge in [0.15, 0.2) is 5.43 Å². The molecule has 0 spiro atoms. The normalized spacial score (nSPS) is 16.3. The van der Waals surface area contributed by atoms with E-state index in [-0.39, 0.29) is 22.9 Å². The first-order chi connectivity index (χ1) is 12.6. The van der Waals surface area contributed by atoms with Crippen LogP contribution in [0.3, 0.4) is 0 Å². The zero-order chi connectivity index (χ0) is 18.3. The molecule has 1 aromatic heterocycles. The van der Waals surface area contributed by atoms with Crippen molar-refractivity contribution in [3.63, 3.8) is 0 Å². The highest BCUT2D eigenvalue weighted by Gasteiger charge is 2.42. The molecule has 4 rings (SSSR count). The van der Waals surface area contributed by atoms with Crippen LogP contribution in [0.4, 0.5) is 4.39 Å². The Kier molecular flexibility index (Phi) is 4.07. The zero-order valence-corrected chi connectivity index (χ0v) is 14.4. The summed E-state index contributed by atoms with van der Waals surface area (Å²) in [5.74, 6) is -0.547. The third-order valence-corrected chi connectivity index (χ3v) is 4.81. The maximum Gasteiger partial charge on any atom is 0.290 e. The highest BCUT2D eigenvalue weighted by molar-refractivity contribution is 5.99. The van der Waals surface area contributed by atoms with E-state index in [1.165, 1.54) is 12.1 Å². The fourth-order valence-corrected chi connectivity index (χ4v) is 3.52. The summed E-state index contributed by atoms with van der Waals surface area (Å²) < 4.78 is 19.2. The van der Waals surface area contributed by atoms with Gasteiger partial charge in [-0.1, -0.05) is 37.6 Å². The monoisotopic (exact) mass is 351 g/mol. The first kappa shape index (κ1) is 16.5. The van der Waals surface area contributed by atoms with Gasteiger partial charge in [0, 0.05) is 6.54 Å². The molecule has 3 aromatic rings. The lowest BCUT2D eigenvalue weighted by atomic mass is 9.98. The molecule has 1 aliphatic heterocycles. The smallest absolute Gasteiger partial charge is 0.290 e. The van der Waals surface area contributed by atoms with Crippen molar-refractivity contribution in [3.8, 4) is 0 Å². The molecule has 2 aromatic carbocycles. The summed E-state index contributed by atoms with van der Waals surface area (Å²) >= 11 is 0. The lowest BCUT2D eigenvalue weighted by Crippen LogP contribution is -2.30. The van der Waals surface area contributed by atoms with E-state index < -0.39 is 6.04 Å². The van der Waals surface area contributed by atoms with Gasteiger partial charge in [-0.25, -0.2) is 4.39 Å². The maximum atomic E-state index is 13.4. The second kappa shape index (κ2) is 6.41. The maximum absolute atomic E-state index is 13.4. The van der Waals surface area contributed by atoms with Gasteiger partial charge in [0.2, 0.25) is 5.76 Å². The molecule has 1 atom stereocenters. The Hall–Kier alpha value is -2.95. The summed E-state index contributed by atoms with van der Waals surface area (Å²) in [6.45, 7) is 2.55. The molecule has 1 aliphatic rings. The quantitative estimate of drug-likeness (QED) is 0.705. The molecule has 2 heterocycles. The predicted molar refractivity (Wildman–Crippen MR) is 96.7 cm³/mol. The van der Waals surface area contributed by atoms with Gasteiger partial charge in [0.25, 0.3) is 5.91 Å². The van der Waals surface area contributed by atoms with Crippen molar-refractivity contribution < 1.29 is 13.6 Å². The van der Waals surface area contributed by atoms with E-state index in [2.05, 4.69) is 0 Å². The van der Waals surface area contributed by atoms with Crippen LogP contribution < -0.4 is 5.43 Å². The van der Waals surface area contributed by atoms with Crippen molar-refractivity contribution in [2.45, 2.75) is 25.8 Å². The van der Waals surface area contributed by atoms with Gasteiger partial charge in [0.1, 0.15) is 11.4 Å². The minimum Gasteiger partial charge on any atom is -0.450 e. The molecule has 132 valence electrons. The number of para-hydroxylation sites is 1. The number of hydrogen-bond acceptors (Lipinski definition) is 3. The number of hydrogen-bond donors (Lipinski definition) is 0. The average molecular weight is 351 g/mol. The fourth-order valence-electron chi connectivity index (χ4n) is 3.52. The second-order valence-electron chi connectivity index (χ2n) is 6.48. The number of carbonyl (C=O) groups excluding carboxylic acids is 1. The van der Waals surface area contributed by atoms with Crippen LogP contribution in [0.2, 0.25) is 0 Å². The van der Waals surface area contributed by atoms with Crippen molar-refractivity contribution in [2.75, 3.05) is 6.54 Å². The molecule has 0 saturated heterocycles. The summed E-state index contributed by atoms with van der Waals surface area (Å²) in [7, 11) is 0. The van der Waals surface area contributed by atoms with Crippen LogP contribution in [-0.2, 0) is 0 Å². The molecular formula is C21H18FNO3. The summed E-state index contributed by atoms with van der Waals surface area (Å²) in [5, 5.41) is 0.448. The number of nitrogens with zero attached hydrogens (tertiary/aromatic N) is 1. The average Bonchev–Trinajstić information content (AvgIpc) is 2.93. The molecule has 0 bridgehead atoms. The number of fused-ring (bicyclic) bond motifs is 2. The van der Waals surface area contributed by atoms with E-state index in [9.17, 15) is 14.0 Å². The SMILES string of the molecule is CCCCN1C(=O)c2oc3ccccc3c(=O)c2[C@H]1c1ccc(F)cc1. The highest BCUT2D eigenvalue weighted by Crippen LogP contribution is 2.38. The van der Waals surface area contributed by atoms with Gasteiger partial charge in [0.05, 0.1) is 17.0 Å². The van der Waals surface area contributed by atoms with Crippen LogP contribution in [0.5, 0.6) is 0 Å². The van der Waals surface area contributed by atoms with Crippen molar-refractivity contribution in [2.24, 2.45) is 0 Å². The number of unbranched alkanes of at least 4 members (excludes halogenated alkanes) is 1. The molecule has 1 amide bonds. The zero-order valence-electron chi connectivity index (χ0n) is 14.4. The molecule has 0 aliphatic carbocycles. The first-order valence-corrected chi connectivity index (χ1v) is 8.74. The topological polar surface area (TPSA) is 50.5 Å². The summed E-state index contributed by atoms with van der Waals surface area (Å²) in [5.41, 5.74) is 1.25. The van der Waals surface area contributed by atoms with Crippen molar-refractivity contribution in [3.05, 3.63) is 81.5 Å². The van der Waals surface area contributed by atoms with E-state index in [0.29, 0.717) is 28.6 Å². The number of benzene rings is 2. The van der Waals surface area contributed by atoms with E-state index in [0.717, 1.165) is 12.8 Å². The van der Waals surface area contributed by atoms with E-state index in [4.69, 9.17) is 4.42 Å². The number of amides is 1. The van der Waals surface area contributed by atoms with Gasteiger partial charge in [-0.15, -0.1) is 0 Å². The Morgan fingerprint density at radius 2 is 1.81 bits per heavy atom. The predicted octanol–water partition coefficient (Wildman–Crippen LogP) is 4.28. The van der Waals surface area contributed by atoms with E-state index >= 15 is 0 Å². The molecule has 0 N–H and O–H groups in total. The molecule has 5 heteroatoms. The molecule has 0 saturated carbocycles. The molecule has 0 unspecified atom stereocenters. The molecule has 4 nitrogen and oxygen atoms in total. The Morgan fingerprint density at radius 1 is 1.08 bits per heavy atom. The van der Waals surface area contributed by atoms with Crippen molar-refractivity contribution >= 4 is 16.9 Å². The Labute approximate surface area is 149 Å². The van der Waals surface area contributed by atoms with Crippen LogP contribution in [0.1, 0.15) is 47.5 Å². The van der Waals surface area contributed by atoms with E-state index in [1.807, 2.05) is 6.92 Å². The third kappa shape index (κ3) is 2.51. The lowest BCUT2D eigenvalue weighted by molar-refractivity contribution is 0.0725. The van der Waals surface area contributed by atoms with Crippen molar-refractivity contribution in [1.82, 2.24) is 4.90 Å². The van der Waals surface area contributed by atoms with Crippen LogP contribution in [0, 0.1) is 5.82 Å². The van der Waals surface area contributed by atoms with Crippen LogP contribution >= 0.6 is 0 Å². The van der Waals surface area contributed by atoms with Crippen LogP contribution in [-0.4, -0.2) is 17.4 Å². The minimum atomic E-state index is -0.550. The third-order valence-electron chi connectivity index (χ3n) is 4.81. The minimum absolute atomic E-state index is 0.0964. The van der Waals surface area contributed by atoms with Crippen LogP contribution in [0.15, 0.2) is 57.7 Å². The standard InChI is InChI=1S/C21H18FNO3/c1-2-3-12-23-18(13-8-10-14(22)11-9-13)17-19(24)15-6-4-5-7-16(15)26-20(17)21(23)25/h4-11,18H,2-3,12H2,1H3/t18-/m1/s1. The molecule has 0 radical (unpaired) electrons. The molecule has 26 heavy (non-hydrogen) atoms. The first-order valence-electron chi connectivity index (χ1n) is 8.74. The second-order valence-corrected chi connectivity index (χ2v) is 6.48. The lowest BCUT2D eigenvalue weighted by Gasteiger charge is -2.25. The Morgan fingerprint density at radius 3 is 2.54 bits per heavy atom. The summed E-state index contributed by atoms with van der Waals surface area (Å²) in [6, 6.07) is 12.3. The van der Waals surface area contributed by atoms with Gasteiger partial charge in [-0.05, 0) is 36.2 Å². The number of rotatable bonds is 4. The van der Waals surface area contributed by atoms with Crippen molar-refractivity contribution in [1.29, 1.82) is 0 Å². The molecular weight excluding hydrogens is 333 g/mol. The summed E-state index contributed by atoms with van der Waals surface area (Å²) in [4.78, 5) is 27.7. The fraction of sp³-hybridized carbons (Fsp3) is 0.238. The Bertz CT molecular complexity index is 1040. The largest absolute Gasteiger partial charge is 0.450 e. The number of carbonyl (C=O) groups is 1. The van der Waals surface area contributed by atoms with Gasteiger partial charge >= 0.3 is 0 Å². The van der Waals surface area contributed by atoms with Gasteiger partial charge in [-0.3, -0.25) is 9.59 Å². The Balaban J connectivity index is 1.96. The highest BCUT2D eigenvalue weighted by atomic mass is 19.1. The number of halogens is 1. The summed E-state index contributed by atoms with van der Waals surface area (Å²) in [6.07, 6.45) is 1.73. The van der Waals surface area contributed by atoms with Crippen LogP contribution in [0.25, 0.3) is 11.0 Å². The van der Waals surface area contributed by atoms with Gasteiger partial charge < -0.3 is 9.32 Å². The van der Waals surface area contributed by atoms with E-state index in [1.54, 1.807) is 41.3 Å². The molecule has 0 fully saturated rings.